The highest BCUT2D eigenvalue weighted by molar-refractivity contribution is 5.91. The molecule has 1 fully saturated rings. The number of carbonyl (C=O) groups excluding carboxylic acids is 1. The number of carbonyl (C=O) groups is 1. The van der Waals surface area contributed by atoms with E-state index < -0.39 is 17.2 Å². The first kappa shape index (κ1) is 19.8. The molecule has 30 heavy (non-hydrogen) atoms. The van der Waals surface area contributed by atoms with Gasteiger partial charge in [-0.05, 0) is 42.9 Å². The zero-order chi connectivity index (χ0) is 21.1. The summed E-state index contributed by atoms with van der Waals surface area (Å²) in [6.07, 6.45) is 2.74. The van der Waals surface area contributed by atoms with Crippen LogP contribution in [0.2, 0.25) is 0 Å². The molecule has 0 atom stereocenters. The van der Waals surface area contributed by atoms with Crippen molar-refractivity contribution in [1.82, 2.24) is 19.2 Å². The second kappa shape index (κ2) is 8.49. The van der Waals surface area contributed by atoms with Gasteiger partial charge in [-0.3, -0.25) is 14.2 Å². The molecule has 0 bridgehead atoms. The zero-order valence-electron chi connectivity index (χ0n) is 16.9. The van der Waals surface area contributed by atoms with Crippen molar-refractivity contribution in [2.75, 3.05) is 13.1 Å². The number of para-hydroxylation sites is 1. The molecular weight excluding hydrogens is 380 g/mol. The molecule has 0 radical (unpaired) electrons. The number of hydrogen-bond acceptors (Lipinski definition) is 4. The van der Waals surface area contributed by atoms with Crippen molar-refractivity contribution in [2.24, 2.45) is 13.0 Å². The van der Waals surface area contributed by atoms with Crippen LogP contribution in [0.4, 0.5) is 0 Å². The van der Waals surface area contributed by atoms with E-state index in [4.69, 9.17) is 0 Å². The summed E-state index contributed by atoms with van der Waals surface area (Å²) in [6, 6.07) is 19.1. The fourth-order valence-corrected chi connectivity index (χ4v) is 3.88. The highest BCUT2D eigenvalue weighted by Crippen LogP contribution is 2.22. The van der Waals surface area contributed by atoms with Crippen molar-refractivity contribution in [3.63, 3.8) is 0 Å². The lowest BCUT2D eigenvalue weighted by atomic mass is 9.90. The fourth-order valence-electron chi connectivity index (χ4n) is 3.88. The molecule has 1 aliphatic heterocycles. The Balaban J connectivity index is 1.53. The molecule has 0 saturated carbocycles. The first-order valence-electron chi connectivity index (χ1n) is 10.1. The molecule has 3 aromatic rings. The molecule has 1 aromatic heterocycles. The van der Waals surface area contributed by atoms with Crippen molar-refractivity contribution in [3.8, 4) is 5.69 Å². The lowest BCUT2D eigenvalue weighted by Gasteiger charge is -2.31. The van der Waals surface area contributed by atoms with E-state index in [0.29, 0.717) is 24.7 Å². The van der Waals surface area contributed by atoms with Crippen molar-refractivity contribution < 1.29 is 4.79 Å². The Kier molecular flexibility index (Phi) is 5.61. The van der Waals surface area contributed by atoms with Crippen LogP contribution in [0.25, 0.3) is 5.69 Å². The minimum Gasteiger partial charge on any atom is -0.337 e. The van der Waals surface area contributed by atoms with Gasteiger partial charge in [0.2, 0.25) is 5.69 Å². The van der Waals surface area contributed by atoms with E-state index in [-0.39, 0.29) is 5.69 Å². The molecule has 2 heterocycles. The quantitative estimate of drug-likeness (QED) is 0.667. The molecule has 0 aliphatic carbocycles. The predicted molar refractivity (Wildman–Crippen MR) is 114 cm³/mol. The molecule has 1 amide bonds. The molecule has 0 unspecified atom stereocenters. The first-order chi connectivity index (χ1) is 14.5. The highest BCUT2D eigenvalue weighted by atomic mass is 16.2. The third-order valence-corrected chi connectivity index (χ3v) is 5.65. The standard InChI is InChI=1S/C23H24N4O3/c1-25-21(28)20(24-27(23(25)30)19-10-6-3-7-11-19)22(29)26-14-12-18(13-15-26)16-17-8-4-2-5-9-17/h2-11,18H,12-16H2,1H3. The lowest BCUT2D eigenvalue weighted by Crippen LogP contribution is -2.47. The summed E-state index contributed by atoms with van der Waals surface area (Å²) in [5, 5.41) is 4.14. The molecule has 7 heteroatoms. The fraction of sp³-hybridized carbons (Fsp3) is 0.304. The maximum absolute atomic E-state index is 13.1. The van der Waals surface area contributed by atoms with Gasteiger partial charge in [0.1, 0.15) is 0 Å². The topological polar surface area (TPSA) is 77.2 Å². The van der Waals surface area contributed by atoms with Crippen LogP contribution in [0.5, 0.6) is 0 Å². The van der Waals surface area contributed by atoms with Crippen LogP contribution >= 0.6 is 0 Å². The monoisotopic (exact) mass is 404 g/mol. The van der Waals surface area contributed by atoms with E-state index in [2.05, 4.69) is 17.2 Å². The van der Waals surface area contributed by atoms with E-state index in [1.54, 1.807) is 29.2 Å². The summed E-state index contributed by atoms with van der Waals surface area (Å²) in [5.41, 5.74) is 0.344. The average Bonchev–Trinajstić information content (AvgIpc) is 2.79. The number of hydrogen-bond donors (Lipinski definition) is 0. The molecule has 7 nitrogen and oxygen atoms in total. The third-order valence-electron chi connectivity index (χ3n) is 5.65. The molecule has 4 rings (SSSR count). The Morgan fingerprint density at radius 3 is 2.20 bits per heavy atom. The van der Waals surface area contributed by atoms with Crippen LogP contribution in [0, 0.1) is 5.92 Å². The van der Waals surface area contributed by atoms with Gasteiger partial charge >= 0.3 is 5.69 Å². The van der Waals surface area contributed by atoms with Gasteiger partial charge < -0.3 is 4.90 Å². The maximum atomic E-state index is 13.1. The Labute approximate surface area is 174 Å². The third kappa shape index (κ3) is 3.96. The number of rotatable bonds is 4. The number of aromatic nitrogens is 3. The first-order valence-corrected chi connectivity index (χ1v) is 10.1. The van der Waals surface area contributed by atoms with Gasteiger partial charge in [-0.2, -0.15) is 9.78 Å². The number of piperidine rings is 1. The summed E-state index contributed by atoms with van der Waals surface area (Å²) >= 11 is 0. The summed E-state index contributed by atoms with van der Waals surface area (Å²) in [7, 11) is 1.37. The Hall–Kier alpha value is -3.48. The molecule has 154 valence electrons. The van der Waals surface area contributed by atoms with Gasteiger partial charge in [0.25, 0.3) is 11.5 Å². The predicted octanol–water partition coefficient (Wildman–Crippen LogP) is 2.03. The van der Waals surface area contributed by atoms with Crippen LogP contribution in [0.3, 0.4) is 0 Å². The number of benzene rings is 2. The summed E-state index contributed by atoms with van der Waals surface area (Å²) in [5.74, 6) is 0.0870. The summed E-state index contributed by atoms with van der Waals surface area (Å²) in [4.78, 5) is 39.8. The Morgan fingerprint density at radius 2 is 1.57 bits per heavy atom. The zero-order valence-corrected chi connectivity index (χ0v) is 16.9. The molecule has 0 N–H and O–H groups in total. The molecular formula is C23H24N4O3. The van der Waals surface area contributed by atoms with Gasteiger partial charge in [0.05, 0.1) is 5.69 Å². The van der Waals surface area contributed by atoms with Crippen LogP contribution in [0.15, 0.2) is 70.3 Å². The van der Waals surface area contributed by atoms with Crippen molar-refractivity contribution in [1.29, 1.82) is 0 Å². The van der Waals surface area contributed by atoms with Crippen molar-refractivity contribution in [2.45, 2.75) is 19.3 Å². The number of nitrogens with zero attached hydrogens (tertiary/aromatic N) is 4. The van der Waals surface area contributed by atoms with E-state index in [1.807, 2.05) is 24.3 Å². The van der Waals surface area contributed by atoms with Crippen molar-refractivity contribution in [3.05, 3.63) is 92.8 Å². The SMILES string of the molecule is Cn1c(=O)c(C(=O)N2CCC(Cc3ccccc3)CC2)nn(-c2ccccc2)c1=O. The van der Waals surface area contributed by atoms with Gasteiger partial charge in [0.15, 0.2) is 0 Å². The van der Waals surface area contributed by atoms with E-state index >= 15 is 0 Å². The molecule has 1 aliphatic rings. The van der Waals surface area contributed by atoms with E-state index in [1.165, 1.54) is 12.6 Å². The molecule has 1 saturated heterocycles. The Bertz CT molecular complexity index is 1140. The average molecular weight is 404 g/mol. The smallest absolute Gasteiger partial charge is 0.337 e. The summed E-state index contributed by atoms with van der Waals surface area (Å²) in [6.45, 7) is 1.15. The Morgan fingerprint density at radius 1 is 0.967 bits per heavy atom. The van der Waals surface area contributed by atoms with Crippen molar-refractivity contribution >= 4 is 5.91 Å². The number of amides is 1. The highest BCUT2D eigenvalue weighted by Gasteiger charge is 2.28. The maximum Gasteiger partial charge on any atom is 0.351 e. The normalized spacial score (nSPS) is 14.6. The van der Waals surface area contributed by atoms with E-state index in [0.717, 1.165) is 28.5 Å². The van der Waals surface area contributed by atoms with Gasteiger partial charge in [-0.1, -0.05) is 48.5 Å². The molecule has 0 spiro atoms. The second-order valence-corrected chi connectivity index (χ2v) is 7.67. The minimum absolute atomic E-state index is 0.220. The van der Waals surface area contributed by atoms with Gasteiger partial charge in [-0.15, -0.1) is 0 Å². The van der Waals surface area contributed by atoms with Crippen LogP contribution in [-0.4, -0.2) is 38.2 Å². The number of likely N-dealkylation sites (tertiary alicyclic amines) is 1. The van der Waals surface area contributed by atoms with Gasteiger partial charge in [-0.25, -0.2) is 4.79 Å². The summed E-state index contributed by atoms with van der Waals surface area (Å²) < 4.78 is 2.05. The second-order valence-electron chi connectivity index (χ2n) is 7.67. The van der Waals surface area contributed by atoms with Crippen LogP contribution < -0.4 is 11.2 Å². The van der Waals surface area contributed by atoms with Crippen LogP contribution in [-0.2, 0) is 13.5 Å². The lowest BCUT2D eigenvalue weighted by molar-refractivity contribution is 0.0679. The van der Waals surface area contributed by atoms with Gasteiger partial charge in [0, 0.05) is 20.1 Å². The molecule has 2 aromatic carbocycles. The largest absolute Gasteiger partial charge is 0.351 e. The minimum atomic E-state index is -0.663. The van der Waals surface area contributed by atoms with Crippen LogP contribution in [0.1, 0.15) is 28.9 Å². The van der Waals surface area contributed by atoms with E-state index in [9.17, 15) is 14.4 Å².